The molecule has 4 rings (SSSR count). The molecule has 3 aromatic rings. The third kappa shape index (κ3) is 4.17. The van der Waals surface area contributed by atoms with Gasteiger partial charge in [-0.2, -0.15) is 0 Å². The Balaban J connectivity index is 1.82. The van der Waals surface area contributed by atoms with Crippen LogP contribution in [0, 0.1) is 0 Å². The molecule has 0 saturated carbocycles. The number of halogens is 1. The van der Waals surface area contributed by atoms with Crippen molar-refractivity contribution in [2.75, 3.05) is 19.1 Å². The Kier molecular flexibility index (Phi) is 6.02. The first kappa shape index (κ1) is 21.0. The van der Waals surface area contributed by atoms with Crippen LogP contribution in [0.1, 0.15) is 5.56 Å². The number of hydrogen-bond donors (Lipinski definition) is 0. The minimum atomic E-state index is -0.404. The molecule has 0 spiro atoms. The average molecular weight is 452 g/mol. The van der Waals surface area contributed by atoms with Crippen LogP contribution in [0.3, 0.4) is 0 Å². The number of amides is 2. The van der Waals surface area contributed by atoms with Gasteiger partial charge < -0.3 is 9.47 Å². The van der Waals surface area contributed by atoms with E-state index in [4.69, 9.17) is 21.1 Å². The maximum absolute atomic E-state index is 13.5. The predicted octanol–water partition coefficient (Wildman–Crippen LogP) is 5.43. The van der Waals surface area contributed by atoms with Gasteiger partial charge in [0.05, 0.1) is 30.4 Å². The van der Waals surface area contributed by atoms with E-state index in [1.165, 1.54) is 26.0 Å². The Bertz CT molecular complexity index is 1150. The molecule has 0 N–H and O–H groups in total. The molecule has 31 heavy (non-hydrogen) atoms. The zero-order chi connectivity index (χ0) is 22.0. The van der Waals surface area contributed by atoms with E-state index in [0.717, 1.165) is 9.80 Å². The van der Waals surface area contributed by atoms with Gasteiger partial charge in [-0.25, -0.2) is 4.90 Å². The zero-order valence-electron chi connectivity index (χ0n) is 16.8. The van der Waals surface area contributed by atoms with Crippen LogP contribution >= 0.6 is 23.4 Å². The van der Waals surface area contributed by atoms with Gasteiger partial charge in [0, 0.05) is 28.1 Å². The summed E-state index contributed by atoms with van der Waals surface area (Å²) in [5, 5.41) is 0.598. The number of nitrogens with zero attached hydrogens (tertiary/aromatic N) is 1. The molecule has 0 aromatic heterocycles. The van der Waals surface area contributed by atoms with Crippen LogP contribution in [0.25, 0.3) is 5.57 Å². The van der Waals surface area contributed by atoms with Gasteiger partial charge in [0.1, 0.15) is 11.5 Å². The first-order valence-electron chi connectivity index (χ1n) is 9.37. The molecule has 0 fully saturated rings. The first-order valence-corrected chi connectivity index (χ1v) is 10.6. The van der Waals surface area contributed by atoms with Gasteiger partial charge in [0.15, 0.2) is 0 Å². The van der Waals surface area contributed by atoms with E-state index in [1.54, 1.807) is 30.3 Å². The van der Waals surface area contributed by atoms with Gasteiger partial charge in [-0.3, -0.25) is 9.59 Å². The highest BCUT2D eigenvalue weighted by molar-refractivity contribution is 8.04. The van der Waals surface area contributed by atoms with Crippen molar-refractivity contribution >= 4 is 46.4 Å². The Morgan fingerprint density at radius 2 is 1.42 bits per heavy atom. The van der Waals surface area contributed by atoms with E-state index in [0.29, 0.717) is 38.3 Å². The highest BCUT2D eigenvalue weighted by Crippen LogP contribution is 2.42. The molecule has 3 aromatic carbocycles. The standard InChI is InChI=1S/C24H18ClNO4S/c1-29-18-12-17(13-19(14-18)30-2)26-23(27)21(15-6-4-3-5-7-15)22(24(26)28)31-20-10-8-16(25)9-11-20/h3-14H,1-2H3. The Morgan fingerprint density at radius 1 is 0.806 bits per heavy atom. The fourth-order valence-corrected chi connectivity index (χ4v) is 4.36. The summed E-state index contributed by atoms with van der Waals surface area (Å²) in [4.78, 5) is 29.3. The number of ether oxygens (including phenoxy) is 2. The van der Waals surface area contributed by atoms with E-state index in [-0.39, 0.29) is 0 Å². The van der Waals surface area contributed by atoms with Crippen LogP contribution in [-0.4, -0.2) is 26.0 Å². The molecule has 1 aliphatic heterocycles. The third-order valence-electron chi connectivity index (χ3n) is 4.73. The van der Waals surface area contributed by atoms with E-state index in [2.05, 4.69) is 0 Å². The molecule has 0 bridgehead atoms. The molecule has 0 radical (unpaired) electrons. The van der Waals surface area contributed by atoms with Crippen LogP contribution in [0.2, 0.25) is 5.02 Å². The lowest BCUT2D eigenvalue weighted by Gasteiger charge is -2.17. The summed E-state index contributed by atoms with van der Waals surface area (Å²) >= 11 is 7.23. The van der Waals surface area contributed by atoms with Crippen molar-refractivity contribution in [3.8, 4) is 11.5 Å². The summed E-state index contributed by atoms with van der Waals surface area (Å²) in [7, 11) is 3.03. The lowest BCUT2D eigenvalue weighted by molar-refractivity contribution is -0.119. The molecule has 2 amide bonds. The van der Waals surface area contributed by atoms with Crippen LogP contribution in [0.15, 0.2) is 82.6 Å². The molecule has 5 nitrogen and oxygen atoms in total. The average Bonchev–Trinajstić information content (AvgIpc) is 3.04. The fraction of sp³-hybridized carbons (Fsp3) is 0.0833. The second-order valence-electron chi connectivity index (χ2n) is 6.64. The lowest BCUT2D eigenvalue weighted by atomic mass is 10.1. The van der Waals surface area contributed by atoms with Crippen molar-refractivity contribution < 1.29 is 19.1 Å². The minimum absolute atomic E-state index is 0.348. The number of carbonyl (C=O) groups excluding carboxylic acids is 2. The number of carbonyl (C=O) groups is 2. The number of benzene rings is 3. The largest absolute Gasteiger partial charge is 0.497 e. The van der Waals surface area contributed by atoms with Crippen molar-refractivity contribution in [1.82, 2.24) is 0 Å². The van der Waals surface area contributed by atoms with Gasteiger partial charge in [-0.05, 0) is 29.8 Å². The second-order valence-corrected chi connectivity index (χ2v) is 8.16. The van der Waals surface area contributed by atoms with Crippen LogP contribution in [-0.2, 0) is 9.59 Å². The number of thioether (sulfide) groups is 1. The molecule has 1 heterocycles. The Labute approximate surface area is 189 Å². The Hall–Kier alpha value is -3.22. The number of methoxy groups -OCH3 is 2. The molecular weight excluding hydrogens is 434 g/mol. The van der Waals surface area contributed by atoms with Gasteiger partial charge in [0.25, 0.3) is 11.8 Å². The third-order valence-corrected chi connectivity index (χ3v) is 6.07. The van der Waals surface area contributed by atoms with Crippen molar-refractivity contribution in [3.05, 3.63) is 88.3 Å². The van der Waals surface area contributed by atoms with Crippen LogP contribution in [0.4, 0.5) is 5.69 Å². The molecule has 7 heteroatoms. The Morgan fingerprint density at radius 3 is 2.00 bits per heavy atom. The smallest absolute Gasteiger partial charge is 0.272 e. The summed E-state index contributed by atoms with van der Waals surface area (Å²) in [6.07, 6.45) is 0. The van der Waals surface area contributed by atoms with Gasteiger partial charge >= 0.3 is 0 Å². The SMILES string of the molecule is COc1cc(OC)cc(N2C(=O)C(Sc3ccc(Cl)cc3)=C(c3ccccc3)C2=O)c1. The van der Waals surface area contributed by atoms with Crippen molar-refractivity contribution in [3.63, 3.8) is 0 Å². The molecule has 1 aliphatic rings. The highest BCUT2D eigenvalue weighted by Gasteiger charge is 2.40. The van der Waals surface area contributed by atoms with Crippen molar-refractivity contribution in [1.29, 1.82) is 0 Å². The number of imide groups is 1. The molecule has 0 unspecified atom stereocenters. The minimum Gasteiger partial charge on any atom is -0.497 e. The quantitative estimate of drug-likeness (QED) is 0.467. The number of anilines is 1. The molecular formula is C24H18ClNO4S. The lowest BCUT2D eigenvalue weighted by Crippen LogP contribution is -2.31. The summed E-state index contributed by atoms with van der Waals surface area (Å²) < 4.78 is 10.6. The summed E-state index contributed by atoms with van der Waals surface area (Å²) in [6, 6.07) is 21.3. The first-order chi connectivity index (χ1) is 15.0. The second kappa shape index (κ2) is 8.88. The van der Waals surface area contributed by atoms with Crippen LogP contribution in [0.5, 0.6) is 11.5 Å². The molecule has 0 atom stereocenters. The molecule has 0 aliphatic carbocycles. The van der Waals surface area contributed by atoms with Gasteiger partial charge in [0.2, 0.25) is 0 Å². The van der Waals surface area contributed by atoms with E-state index < -0.39 is 11.8 Å². The van der Waals surface area contributed by atoms with Gasteiger partial charge in [-0.1, -0.05) is 53.7 Å². The van der Waals surface area contributed by atoms with E-state index >= 15 is 0 Å². The predicted molar refractivity (Wildman–Crippen MR) is 123 cm³/mol. The molecule has 0 saturated heterocycles. The summed E-state index contributed by atoms with van der Waals surface area (Å²) in [5.41, 5.74) is 1.41. The van der Waals surface area contributed by atoms with Crippen molar-refractivity contribution in [2.24, 2.45) is 0 Å². The monoisotopic (exact) mass is 451 g/mol. The normalized spacial score (nSPS) is 13.7. The fourth-order valence-electron chi connectivity index (χ4n) is 3.24. The van der Waals surface area contributed by atoms with E-state index in [1.807, 2.05) is 42.5 Å². The van der Waals surface area contributed by atoms with Crippen LogP contribution < -0.4 is 14.4 Å². The molecule has 156 valence electrons. The summed E-state index contributed by atoms with van der Waals surface area (Å²) in [5.74, 6) is 0.159. The highest BCUT2D eigenvalue weighted by atomic mass is 35.5. The maximum Gasteiger partial charge on any atom is 0.272 e. The topological polar surface area (TPSA) is 55.8 Å². The number of hydrogen-bond acceptors (Lipinski definition) is 5. The van der Waals surface area contributed by atoms with E-state index in [9.17, 15) is 9.59 Å². The van der Waals surface area contributed by atoms with Crippen molar-refractivity contribution in [2.45, 2.75) is 4.90 Å². The van der Waals surface area contributed by atoms with Gasteiger partial charge in [-0.15, -0.1) is 0 Å². The maximum atomic E-state index is 13.5. The zero-order valence-corrected chi connectivity index (χ0v) is 18.4. The number of rotatable bonds is 6. The summed E-state index contributed by atoms with van der Waals surface area (Å²) in [6.45, 7) is 0.